The fourth-order valence-electron chi connectivity index (χ4n) is 1.83. The predicted molar refractivity (Wildman–Crippen MR) is 73.4 cm³/mol. The lowest BCUT2D eigenvalue weighted by Gasteiger charge is -2.10. The van der Waals surface area contributed by atoms with E-state index in [2.05, 4.69) is 21.4 Å². The Kier molecular flexibility index (Phi) is 5.11. The van der Waals surface area contributed by atoms with Gasteiger partial charge in [0.05, 0.1) is 18.8 Å². The van der Waals surface area contributed by atoms with Crippen molar-refractivity contribution in [3.8, 4) is 0 Å². The second kappa shape index (κ2) is 6.83. The summed E-state index contributed by atoms with van der Waals surface area (Å²) in [6, 6.07) is 4.25. The largest absolute Gasteiger partial charge is 0.478 e. The van der Waals surface area contributed by atoms with E-state index in [0.717, 1.165) is 13.0 Å². The Hall–Kier alpha value is -1.44. The fourth-order valence-corrected chi connectivity index (χ4v) is 2.38. The maximum atomic E-state index is 11.8. The van der Waals surface area contributed by atoms with Crippen LogP contribution in [0.3, 0.4) is 0 Å². The van der Waals surface area contributed by atoms with Crippen LogP contribution >= 0.6 is 15.9 Å². The molecule has 1 aliphatic heterocycles. The van der Waals surface area contributed by atoms with Crippen molar-refractivity contribution in [2.24, 2.45) is 5.92 Å². The van der Waals surface area contributed by atoms with Crippen LogP contribution in [0.25, 0.3) is 0 Å². The normalized spacial score (nSPS) is 17.9. The zero-order valence-corrected chi connectivity index (χ0v) is 12.2. The second-order valence-corrected chi connectivity index (χ2v) is 5.33. The molecule has 1 aliphatic rings. The van der Waals surface area contributed by atoms with Gasteiger partial charge in [0, 0.05) is 22.6 Å². The minimum Gasteiger partial charge on any atom is -0.478 e. The van der Waals surface area contributed by atoms with Crippen molar-refractivity contribution in [2.45, 2.75) is 6.42 Å². The average Bonchev–Trinajstić information content (AvgIpc) is 2.91. The molecule has 2 rings (SSSR count). The summed E-state index contributed by atoms with van der Waals surface area (Å²) < 4.78 is 5.54. The van der Waals surface area contributed by atoms with Gasteiger partial charge in [0.25, 0.3) is 5.91 Å². The summed E-state index contributed by atoms with van der Waals surface area (Å²) in [5, 5.41) is 8.89. The Morgan fingerprint density at radius 3 is 2.90 bits per heavy atom. The number of carbonyl (C=O) groups excluding carboxylic acids is 1. The van der Waals surface area contributed by atoms with Crippen molar-refractivity contribution < 1.29 is 24.3 Å². The van der Waals surface area contributed by atoms with E-state index >= 15 is 0 Å². The minimum atomic E-state index is -1.05. The van der Waals surface area contributed by atoms with Crippen LogP contribution in [0.15, 0.2) is 22.7 Å². The van der Waals surface area contributed by atoms with Gasteiger partial charge in [-0.05, 0) is 40.5 Å². The predicted octanol–water partition coefficient (Wildman–Crippen LogP) is 1.85. The molecule has 0 saturated carbocycles. The third-order valence-electron chi connectivity index (χ3n) is 2.97. The van der Waals surface area contributed by atoms with Gasteiger partial charge in [0.2, 0.25) is 0 Å². The van der Waals surface area contributed by atoms with Gasteiger partial charge in [0.1, 0.15) is 0 Å². The number of halogens is 1. The summed E-state index contributed by atoms with van der Waals surface area (Å²) in [6.07, 6.45) is 0.925. The summed E-state index contributed by atoms with van der Waals surface area (Å²) >= 11 is 3.12. The highest BCUT2D eigenvalue weighted by molar-refractivity contribution is 9.10. The molecule has 6 nitrogen and oxygen atoms in total. The molecule has 1 saturated heterocycles. The second-order valence-electron chi connectivity index (χ2n) is 4.47. The maximum absolute atomic E-state index is 11.8. The van der Waals surface area contributed by atoms with Crippen molar-refractivity contribution in [1.29, 1.82) is 0 Å². The van der Waals surface area contributed by atoms with Crippen LogP contribution < -0.4 is 5.48 Å². The van der Waals surface area contributed by atoms with Gasteiger partial charge in [0.15, 0.2) is 0 Å². The molecular formula is C13H14BrNO5. The summed E-state index contributed by atoms with van der Waals surface area (Å²) in [5.74, 6) is -1.17. The number of carbonyl (C=O) groups is 2. The number of carboxylic acid groups (broad SMARTS) is 1. The van der Waals surface area contributed by atoms with Gasteiger partial charge in [-0.2, -0.15) is 0 Å². The molecule has 0 bridgehead atoms. The van der Waals surface area contributed by atoms with Crippen LogP contribution in [-0.2, 0) is 9.57 Å². The van der Waals surface area contributed by atoms with E-state index in [1.165, 1.54) is 18.2 Å². The van der Waals surface area contributed by atoms with Gasteiger partial charge in [-0.1, -0.05) is 0 Å². The highest BCUT2D eigenvalue weighted by Crippen LogP contribution is 2.19. The van der Waals surface area contributed by atoms with Gasteiger partial charge in [-0.25, -0.2) is 10.3 Å². The van der Waals surface area contributed by atoms with Gasteiger partial charge < -0.3 is 9.84 Å². The van der Waals surface area contributed by atoms with Crippen LogP contribution in [0.5, 0.6) is 0 Å². The minimum absolute atomic E-state index is 0.102. The molecular weight excluding hydrogens is 330 g/mol. The lowest BCUT2D eigenvalue weighted by molar-refractivity contribution is 0.0145. The smallest absolute Gasteiger partial charge is 0.336 e. The Morgan fingerprint density at radius 1 is 1.50 bits per heavy atom. The molecule has 0 spiro atoms. The number of amides is 1. The first-order valence-electron chi connectivity index (χ1n) is 6.10. The van der Waals surface area contributed by atoms with Crippen LogP contribution in [0.4, 0.5) is 0 Å². The zero-order valence-electron chi connectivity index (χ0n) is 10.6. The number of aromatic carboxylic acids is 1. The summed E-state index contributed by atoms with van der Waals surface area (Å²) in [6.45, 7) is 1.78. The third-order valence-corrected chi connectivity index (χ3v) is 3.63. The van der Waals surface area contributed by atoms with E-state index in [1.807, 2.05) is 0 Å². The molecule has 1 heterocycles. The van der Waals surface area contributed by atoms with E-state index < -0.39 is 11.9 Å². The summed E-state index contributed by atoms with van der Waals surface area (Å²) in [7, 11) is 0. The van der Waals surface area contributed by atoms with Crippen molar-refractivity contribution in [2.75, 3.05) is 19.8 Å². The Labute approximate surface area is 124 Å². The summed E-state index contributed by atoms with van der Waals surface area (Å²) in [4.78, 5) is 27.8. The SMILES string of the molecule is O=C(NOCC1CCOC1)c1ccc(C(=O)O)c(Br)c1. The number of hydrogen-bond donors (Lipinski definition) is 2. The molecule has 0 aromatic heterocycles. The monoisotopic (exact) mass is 343 g/mol. The van der Waals surface area contributed by atoms with E-state index in [4.69, 9.17) is 14.7 Å². The van der Waals surface area contributed by atoms with Crippen molar-refractivity contribution in [3.05, 3.63) is 33.8 Å². The molecule has 1 aromatic carbocycles. The number of nitrogens with one attached hydrogen (secondary N) is 1. The standard InChI is InChI=1S/C13H14BrNO5/c14-11-5-9(1-2-10(11)13(17)18)12(16)15-20-7-8-3-4-19-6-8/h1-2,5,8H,3-4,6-7H2,(H,15,16)(H,17,18). The lowest BCUT2D eigenvalue weighted by Crippen LogP contribution is -2.26. The molecule has 1 atom stereocenters. The van der Waals surface area contributed by atoms with Crippen molar-refractivity contribution in [1.82, 2.24) is 5.48 Å². The number of hydroxylamine groups is 1. The van der Waals surface area contributed by atoms with E-state index in [1.54, 1.807) is 0 Å². The van der Waals surface area contributed by atoms with E-state index in [9.17, 15) is 9.59 Å². The Bertz CT molecular complexity index is 513. The Morgan fingerprint density at radius 2 is 2.30 bits per heavy atom. The van der Waals surface area contributed by atoms with E-state index in [0.29, 0.717) is 29.2 Å². The maximum Gasteiger partial charge on any atom is 0.336 e. The first kappa shape index (κ1) is 15.0. The molecule has 1 unspecified atom stereocenters. The highest BCUT2D eigenvalue weighted by atomic mass is 79.9. The number of hydrogen-bond acceptors (Lipinski definition) is 4. The molecule has 108 valence electrons. The third kappa shape index (κ3) is 3.78. The molecule has 2 N–H and O–H groups in total. The topological polar surface area (TPSA) is 84.9 Å². The average molecular weight is 344 g/mol. The molecule has 1 aromatic rings. The van der Waals surface area contributed by atoms with Crippen LogP contribution in [0.2, 0.25) is 0 Å². The molecule has 1 amide bonds. The molecule has 1 fully saturated rings. The number of benzene rings is 1. The molecule has 7 heteroatoms. The zero-order chi connectivity index (χ0) is 14.5. The van der Waals surface area contributed by atoms with Crippen LogP contribution in [0.1, 0.15) is 27.1 Å². The van der Waals surface area contributed by atoms with E-state index in [-0.39, 0.29) is 5.56 Å². The van der Waals surface area contributed by atoms with Crippen LogP contribution in [-0.4, -0.2) is 36.8 Å². The number of rotatable bonds is 5. The Balaban J connectivity index is 1.88. The lowest BCUT2D eigenvalue weighted by atomic mass is 10.1. The van der Waals surface area contributed by atoms with Gasteiger partial charge in [-0.15, -0.1) is 0 Å². The molecule has 0 aliphatic carbocycles. The van der Waals surface area contributed by atoms with Crippen molar-refractivity contribution >= 4 is 27.8 Å². The number of ether oxygens (including phenoxy) is 1. The first-order chi connectivity index (χ1) is 9.58. The van der Waals surface area contributed by atoms with Crippen molar-refractivity contribution in [3.63, 3.8) is 0 Å². The van der Waals surface area contributed by atoms with Gasteiger partial charge in [-0.3, -0.25) is 9.63 Å². The summed E-state index contributed by atoms with van der Waals surface area (Å²) in [5.41, 5.74) is 2.77. The molecule has 20 heavy (non-hydrogen) atoms. The van der Waals surface area contributed by atoms with Crippen LogP contribution in [0, 0.1) is 5.92 Å². The van der Waals surface area contributed by atoms with Gasteiger partial charge >= 0.3 is 5.97 Å². The fraction of sp³-hybridized carbons (Fsp3) is 0.385. The molecule has 0 radical (unpaired) electrons. The highest BCUT2D eigenvalue weighted by Gasteiger charge is 2.17. The number of carboxylic acids is 1. The first-order valence-corrected chi connectivity index (χ1v) is 6.90. The quantitative estimate of drug-likeness (QED) is 0.797.